The molecule has 0 amide bonds. The highest BCUT2D eigenvalue weighted by molar-refractivity contribution is 6.33. The summed E-state index contributed by atoms with van der Waals surface area (Å²) in [7, 11) is 1.39. The topological polar surface area (TPSA) is 76.2 Å². The van der Waals surface area contributed by atoms with E-state index in [1.54, 1.807) is 0 Å². The fraction of sp³-hybridized carbons (Fsp3) is 0.222. The van der Waals surface area contributed by atoms with Crippen LogP contribution in [0.3, 0.4) is 0 Å². The monoisotopic (exact) mass is 226 g/mol. The van der Waals surface area contributed by atoms with Crippen LogP contribution in [0.15, 0.2) is 12.1 Å². The first-order valence-electron chi connectivity index (χ1n) is 3.98. The Morgan fingerprint density at radius 1 is 1.67 bits per heavy atom. The van der Waals surface area contributed by atoms with Crippen LogP contribution in [0.5, 0.6) is 5.75 Å². The number of nitro groups is 1. The Balaban J connectivity index is 3.34. The number of nitrogens with zero attached hydrogens (tertiary/aromatic N) is 2. The van der Waals surface area contributed by atoms with Crippen LogP contribution < -0.4 is 4.74 Å². The summed E-state index contributed by atoms with van der Waals surface area (Å²) in [6, 6.07) is 4.62. The molecule has 0 saturated carbocycles. The number of hydrogen-bond acceptors (Lipinski definition) is 4. The minimum atomic E-state index is -0.605. The Kier molecular flexibility index (Phi) is 3.47. The van der Waals surface area contributed by atoms with Gasteiger partial charge in [0.25, 0.3) is 5.69 Å². The minimum absolute atomic E-state index is 0.0108. The summed E-state index contributed by atoms with van der Waals surface area (Å²) >= 11 is 5.76. The molecule has 15 heavy (non-hydrogen) atoms. The van der Waals surface area contributed by atoms with Crippen molar-refractivity contribution in [3.63, 3.8) is 0 Å². The van der Waals surface area contributed by atoms with E-state index in [0.29, 0.717) is 11.3 Å². The van der Waals surface area contributed by atoms with Gasteiger partial charge in [-0.05, 0) is 11.6 Å². The number of methoxy groups -OCH3 is 1. The van der Waals surface area contributed by atoms with Crippen LogP contribution >= 0.6 is 11.6 Å². The highest BCUT2D eigenvalue weighted by atomic mass is 35.5. The van der Waals surface area contributed by atoms with Crippen molar-refractivity contribution < 1.29 is 9.66 Å². The number of benzene rings is 1. The van der Waals surface area contributed by atoms with Crippen molar-refractivity contribution in [2.24, 2.45) is 0 Å². The van der Waals surface area contributed by atoms with E-state index in [9.17, 15) is 10.1 Å². The van der Waals surface area contributed by atoms with Gasteiger partial charge in [-0.2, -0.15) is 5.26 Å². The average Bonchev–Trinajstić information content (AvgIpc) is 2.21. The molecule has 5 nitrogen and oxygen atoms in total. The fourth-order valence-electron chi connectivity index (χ4n) is 1.10. The van der Waals surface area contributed by atoms with E-state index in [1.807, 2.05) is 6.07 Å². The summed E-state index contributed by atoms with van der Waals surface area (Å²) in [5.74, 6) is 0.316. The van der Waals surface area contributed by atoms with E-state index in [0.717, 1.165) is 0 Å². The standard InChI is InChI=1S/C9H7ClN2O3/c1-15-7-4-6(2-3-11)9(10)8(5-7)12(13)14/h4-5H,2H2,1H3. The molecule has 0 aliphatic rings. The van der Waals surface area contributed by atoms with Gasteiger partial charge in [0.2, 0.25) is 0 Å². The van der Waals surface area contributed by atoms with Crippen LogP contribution in [0.4, 0.5) is 5.69 Å². The Labute approximate surface area is 91.0 Å². The smallest absolute Gasteiger partial charge is 0.291 e. The van der Waals surface area contributed by atoms with Crippen molar-refractivity contribution in [3.05, 3.63) is 32.8 Å². The van der Waals surface area contributed by atoms with Crippen molar-refractivity contribution in [2.45, 2.75) is 6.42 Å². The first-order valence-corrected chi connectivity index (χ1v) is 4.35. The lowest BCUT2D eigenvalue weighted by molar-refractivity contribution is -0.384. The third-order valence-corrected chi connectivity index (χ3v) is 2.24. The minimum Gasteiger partial charge on any atom is -0.496 e. The second-order valence-corrected chi connectivity index (χ2v) is 3.09. The zero-order valence-electron chi connectivity index (χ0n) is 7.86. The summed E-state index contributed by atoms with van der Waals surface area (Å²) in [6.07, 6.45) is 0.0108. The molecular weight excluding hydrogens is 220 g/mol. The number of rotatable bonds is 3. The molecular formula is C9H7ClN2O3. The zero-order valence-corrected chi connectivity index (χ0v) is 8.61. The number of hydrogen-bond donors (Lipinski definition) is 0. The first-order chi connectivity index (χ1) is 7.10. The molecule has 0 saturated heterocycles. The molecule has 78 valence electrons. The molecule has 0 bridgehead atoms. The van der Waals surface area contributed by atoms with Crippen molar-refractivity contribution >= 4 is 17.3 Å². The summed E-state index contributed by atoms with van der Waals surface area (Å²) < 4.78 is 4.87. The van der Waals surface area contributed by atoms with Crippen molar-refractivity contribution in [3.8, 4) is 11.8 Å². The highest BCUT2D eigenvalue weighted by Crippen LogP contribution is 2.32. The fourth-order valence-corrected chi connectivity index (χ4v) is 1.35. The summed E-state index contributed by atoms with van der Waals surface area (Å²) in [6.45, 7) is 0. The SMILES string of the molecule is COc1cc(CC#N)c(Cl)c([N+](=O)[O-])c1. The molecule has 1 aromatic carbocycles. The first kappa shape index (κ1) is 11.3. The summed E-state index contributed by atoms with van der Waals surface area (Å²) in [5, 5.41) is 19.1. The molecule has 0 aliphatic heterocycles. The van der Waals surface area contributed by atoms with Crippen molar-refractivity contribution in [2.75, 3.05) is 7.11 Å². The molecule has 0 fully saturated rings. The lowest BCUT2D eigenvalue weighted by atomic mass is 10.1. The molecule has 0 N–H and O–H groups in total. The number of nitro benzene ring substituents is 1. The van der Waals surface area contributed by atoms with E-state index < -0.39 is 4.92 Å². The van der Waals surface area contributed by atoms with Crippen molar-refractivity contribution in [1.29, 1.82) is 5.26 Å². The lowest BCUT2D eigenvalue weighted by Crippen LogP contribution is -1.95. The second-order valence-electron chi connectivity index (χ2n) is 2.71. The van der Waals surface area contributed by atoms with E-state index in [1.165, 1.54) is 19.2 Å². The Hall–Kier alpha value is -1.80. The maximum atomic E-state index is 10.6. The van der Waals surface area contributed by atoms with E-state index in [4.69, 9.17) is 21.6 Å². The molecule has 1 rings (SSSR count). The third-order valence-electron chi connectivity index (χ3n) is 1.80. The molecule has 0 heterocycles. The Bertz CT molecular complexity index is 440. The molecule has 0 aromatic heterocycles. The maximum Gasteiger partial charge on any atom is 0.291 e. The molecule has 0 atom stereocenters. The average molecular weight is 227 g/mol. The lowest BCUT2D eigenvalue weighted by Gasteiger charge is -2.04. The van der Waals surface area contributed by atoms with E-state index in [-0.39, 0.29) is 17.1 Å². The van der Waals surface area contributed by atoms with Gasteiger partial charge in [-0.3, -0.25) is 10.1 Å². The zero-order chi connectivity index (χ0) is 11.4. The number of nitriles is 1. The second kappa shape index (κ2) is 4.62. The largest absolute Gasteiger partial charge is 0.496 e. The van der Waals surface area contributed by atoms with Gasteiger partial charge < -0.3 is 4.74 Å². The van der Waals surface area contributed by atoms with Gasteiger partial charge in [0.15, 0.2) is 0 Å². The predicted molar refractivity (Wildman–Crippen MR) is 54.0 cm³/mol. The summed E-state index contributed by atoms with van der Waals surface area (Å²) in [5.41, 5.74) is 0.145. The normalized spacial score (nSPS) is 9.40. The quantitative estimate of drug-likeness (QED) is 0.585. The van der Waals surface area contributed by atoms with Gasteiger partial charge in [0, 0.05) is 0 Å². The molecule has 6 heteroatoms. The van der Waals surface area contributed by atoms with Crippen LogP contribution in [0.25, 0.3) is 0 Å². The van der Waals surface area contributed by atoms with Gasteiger partial charge in [-0.1, -0.05) is 11.6 Å². The molecule has 1 aromatic rings. The summed E-state index contributed by atoms with van der Waals surface area (Å²) in [4.78, 5) is 10.0. The molecule has 0 spiro atoms. The van der Waals surface area contributed by atoms with E-state index in [2.05, 4.69) is 0 Å². The van der Waals surface area contributed by atoms with Crippen LogP contribution in [0.1, 0.15) is 5.56 Å². The molecule has 0 radical (unpaired) electrons. The number of halogens is 1. The van der Waals surface area contributed by atoms with Gasteiger partial charge in [0.1, 0.15) is 10.8 Å². The highest BCUT2D eigenvalue weighted by Gasteiger charge is 2.18. The van der Waals surface area contributed by atoms with Gasteiger partial charge in [0.05, 0.1) is 30.6 Å². The molecule has 0 aliphatic carbocycles. The van der Waals surface area contributed by atoms with Gasteiger partial charge >= 0.3 is 0 Å². The van der Waals surface area contributed by atoms with Crippen LogP contribution in [0, 0.1) is 21.4 Å². The Morgan fingerprint density at radius 2 is 2.33 bits per heavy atom. The van der Waals surface area contributed by atoms with Crippen LogP contribution in [-0.2, 0) is 6.42 Å². The number of ether oxygens (including phenoxy) is 1. The predicted octanol–water partition coefficient (Wildman–Crippen LogP) is 2.32. The van der Waals surface area contributed by atoms with Gasteiger partial charge in [-0.25, -0.2) is 0 Å². The van der Waals surface area contributed by atoms with Crippen LogP contribution in [-0.4, -0.2) is 12.0 Å². The van der Waals surface area contributed by atoms with Crippen molar-refractivity contribution in [1.82, 2.24) is 0 Å². The Morgan fingerprint density at radius 3 is 2.80 bits per heavy atom. The molecule has 0 unspecified atom stereocenters. The van der Waals surface area contributed by atoms with E-state index >= 15 is 0 Å². The van der Waals surface area contributed by atoms with Crippen LogP contribution in [0.2, 0.25) is 5.02 Å². The maximum absolute atomic E-state index is 10.6. The van der Waals surface area contributed by atoms with Gasteiger partial charge in [-0.15, -0.1) is 0 Å². The third kappa shape index (κ3) is 2.36.